The number of likely N-dealkylation sites (tertiary alicyclic amines) is 1. The largest absolute Gasteiger partial charge is 0.393 e. The number of rotatable bonds is 2. The highest BCUT2D eigenvalue weighted by Gasteiger charge is 2.25. The van der Waals surface area contributed by atoms with Crippen LogP contribution in [0.5, 0.6) is 0 Å². The lowest BCUT2D eigenvalue weighted by molar-refractivity contribution is 0.0319. The zero-order chi connectivity index (χ0) is 15.8. The number of benzene rings is 1. The number of hydrogen-bond donors (Lipinski definition) is 1. The lowest BCUT2D eigenvalue weighted by atomic mass is 9.83. The Morgan fingerprint density at radius 3 is 2.24 bits per heavy atom. The minimum absolute atomic E-state index is 0.119. The summed E-state index contributed by atoms with van der Waals surface area (Å²) in [7, 11) is 0. The van der Waals surface area contributed by atoms with Crippen LogP contribution in [0.15, 0.2) is 12.1 Å². The third-order valence-electron chi connectivity index (χ3n) is 4.89. The Balaban J connectivity index is 2.18. The van der Waals surface area contributed by atoms with Gasteiger partial charge in [-0.1, -0.05) is 39.8 Å². The Labute approximate surface area is 130 Å². The minimum Gasteiger partial charge on any atom is -0.393 e. The zero-order valence-electron chi connectivity index (χ0n) is 14.5. The van der Waals surface area contributed by atoms with Gasteiger partial charge in [-0.2, -0.15) is 0 Å². The third kappa shape index (κ3) is 3.87. The van der Waals surface area contributed by atoms with Gasteiger partial charge >= 0.3 is 0 Å². The lowest BCUT2D eigenvalue weighted by Gasteiger charge is -2.35. The van der Waals surface area contributed by atoms with E-state index < -0.39 is 0 Å². The molecule has 0 amide bonds. The van der Waals surface area contributed by atoms with Crippen molar-refractivity contribution in [1.29, 1.82) is 0 Å². The summed E-state index contributed by atoms with van der Waals surface area (Å²) in [5, 5.41) is 9.87. The van der Waals surface area contributed by atoms with Gasteiger partial charge in [0, 0.05) is 19.6 Å². The van der Waals surface area contributed by atoms with Crippen LogP contribution in [0.2, 0.25) is 0 Å². The van der Waals surface area contributed by atoms with Gasteiger partial charge in [0.15, 0.2) is 0 Å². The van der Waals surface area contributed by atoms with Gasteiger partial charge in [-0.05, 0) is 53.9 Å². The van der Waals surface area contributed by atoms with Crippen LogP contribution in [-0.4, -0.2) is 29.2 Å². The van der Waals surface area contributed by atoms with Gasteiger partial charge in [0.05, 0.1) is 6.10 Å². The molecule has 118 valence electrons. The number of aliphatic hydroxyl groups excluding tert-OH is 1. The van der Waals surface area contributed by atoms with Crippen molar-refractivity contribution < 1.29 is 5.11 Å². The first-order valence-electron chi connectivity index (χ1n) is 8.19. The van der Waals surface area contributed by atoms with E-state index in [4.69, 9.17) is 0 Å². The molecule has 1 aliphatic heterocycles. The second kappa shape index (κ2) is 6.10. The first kappa shape index (κ1) is 16.5. The van der Waals surface area contributed by atoms with E-state index in [1.54, 1.807) is 0 Å². The van der Waals surface area contributed by atoms with Crippen LogP contribution in [0.4, 0.5) is 0 Å². The van der Waals surface area contributed by atoms with Crippen LogP contribution in [0.25, 0.3) is 0 Å². The highest BCUT2D eigenvalue weighted by atomic mass is 16.3. The summed E-state index contributed by atoms with van der Waals surface area (Å²) in [6.45, 7) is 16.5. The normalized spacial score (nSPS) is 24.3. The minimum atomic E-state index is -0.119. The van der Waals surface area contributed by atoms with Gasteiger partial charge in [-0.25, -0.2) is 0 Å². The molecular weight excluding hydrogens is 258 g/mol. The van der Waals surface area contributed by atoms with Gasteiger partial charge in [0.2, 0.25) is 0 Å². The fraction of sp³-hybridized carbons (Fsp3) is 0.684. The van der Waals surface area contributed by atoms with Crippen LogP contribution in [-0.2, 0) is 12.0 Å². The van der Waals surface area contributed by atoms with Crippen molar-refractivity contribution in [3.63, 3.8) is 0 Å². The van der Waals surface area contributed by atoms with Crippen LogP contribution in [0.3, 0.4) is 0 Å². The molecule has 2 nitrogen and oxygen atoms in total. The molecule has 0 aliphatic carbocycles. The predicted molar refractivity (Wildman–Crippen MR) is 89.7 cm³/mol. The van der Waals surface area contributed by atoms with Gasteiger partial charge < -0.3 is 5.11 Å². The Hall–Kier alpha value is -0.860. The summed E-state index contributed by atoms with van der Waals surface area (Å²) in [5.74, 6) is 0.383. The highest BCUT2D eigenvalue weighted by molar-refractivity contribution is 5.40. The van der Waals surface area contributed by atoms with Crippen molar-refractivity contribution in [2.75, 3.05) is 13.1 Å². The second-order valence-corrected chi connectivity index (χ2v) is 7.91. The maximum Gasteiger partial charge on any atom is 0.0590 e. The summed E-state index contributed by atoms with van der Waals surface area (Å²) < 4.78 is 0. The fourth-order valence-corrected chi connectivity index (χ4v) is 3.26. The molecule has 2 rings (SSSR count). The maximum atomic E-state index is 9.87. The summed E-state index contributed by atoms with van der Waals surface area (Å²) in [6, 6.07) is 4.70. The second-order valence-electron chi connectivity index (χ2n) is 7.91. The molecule has 2 atom stereocenters. The SMILES string of the molecule is Cc1cc(C(C)(C)C)cc(C)c1CN1CCC(O)C(C)C1. The van der Waals surface area contributed by atoms with Crippen molar-refractivity contribution in [3.8, 4) is 0 Å². The summed E-state index contributed by atoms with van der Waals surface area (Å²) in [4.78, 5) is 2.49. The lowest BCUT2D eigenvalue weighted by Crippen LogP contribution is -2.41. The van der Waals surface area contributed by atoms with Crippen molar-refractivity contribution in [3.05, 3.63) is 34.4 Å². The van der Waals surface area contributed by atoms with Crippen LogP contribution in [0, 0.1) is 19.8 Å². The average molecular weight is 289 g/mol. The predicted octanol–water partition coefficient (Wildman–Crippen LogP) is 3.80. The smallest absolute Gasteiger partial charge is 0.0590 e. The molecule has 1 fully saturated rings. The standard InChI is InChI=1S/C19H31NO/c1-13-9-16(19(4,5)6)10-14(2)17(13)12-20-8-7-18(21)15(3)11-20/h9-10,15,18,21H,7-8,11-12H2,1-6H3. The molecule has 1 aromatic rings. The van der Waals surface area contributed by atoms with Crippen LogP contribution in [0.1, 0.15) is 56.4 Å². The number of hydrogen-bond acceptors (Lipinski definition) is 2. The van der Waals surface area contributed by atoms with E-state index in [0.717, 1.165) is 26.1 Å². The van der Waals surface area contributed by atoms with Crippen molar-refractivity contribution in [2.24, 2.45) is 5.92 Å². The van der Waals surface area contributed by atoms with Crippen molar-refractivity contribution in [2.45, 2.75) is 66.0 Å². The molecule has 0 aromatic heterocycles. The quantitative estimate of drug-likeness (QED) is 0.895. The number of aryl methyl sites for hydroxylation is 2. The van der Waals surface area contributed by atoms with Gasteiger partial charge in [0.25, 0.3) is 0 Å². The van der Waals surface area contributed by atoms with Gasteiger partial charge in [0.1, 0.15) is 0 Å². The fourth-order valence-electron chi connectivity index (χ4n) is 3.26. The van der Waals surface area contributed by atoms with E-state index >= 15 is 0 Å². The molecule has 2 unspecified atom stereocenters. The van der Waals surface area contributed by atoms with Gasteiger partial charge in [-0.3, -0.25) is 4.90 Å². The third-order valence-corrected chi connectivity index (χ3v) is 4.89. The summed E-state index contributed by atoms with van der Waals surface area (Å²) >= 11 is 0. The van der Waals surface area contributed by atoms with Gasteiger partial charge in [-0.15, -0.1) is 0 Å². The number of aliphatic hydroxyl groups is 1. The topological polar surface area (TPSA) is 23.5 Å². The Morgan fingerprint density at radius 1 is 1.19 bits per heavy atom. The Morgan fingerprint density at radius 2 is 1.76 bits per heavy atom. The van der Waals surface area contributed by atoms with E-state index in [1.807, 2.05) is 0 Å². The monoisotopic (exact) mass is 289 g/mol. The zero-order valence-corrected chi connectivity index (χ0v) is 14.5. The molecule has 1 N–H and O–H groups in total. The molecule has 21 heavy (non-hydrogen) atoms. The molecule has 0 bridgehead atoms. The first-order valence-corrected chi connectivity index (χ1v) is 8.19. The molecule has 0 spiro atoms. The van der Waals surface area contributed by atoms with E-state index in [2.05, 4.69) is 58.6 Å². The highest BCUT2D eigenvalue weighted by Crippen LogP contribution is 2.28. The Bertz CT molecular complexity index is 478. The van der Waals surface area contributed by atoms with Crippen molar-refractivity contribution in [1.82, 2.24) is 4.90 Å². The molecule has 0 saturated carbocycles. The summed E-state index contributed by atoms with van der Waals surface area (Å²) in [6.07, 6.45) is 0.783. The molecule has 1 saturated heterocycles. The van der Waals surface area contributed by atoms with Crippen LogP contribution < -0.4 is 0 Å². The number of piperidine rings is 1. The average Bonchev–Trinajstić information content (AvgIpc) is 2.36. The molecular formula is C19H31NO. The molecule has 2 heteroatoms. The van der Waals surface area contributed by atoms with Crippen molar-refractivity contribution >= 4 is 0 Å². The van der Waals surface area contributed by atoms with Crippen LogP contribution >= 0.6 is 0 Å². The maximum absolute atomic E-state index is 9.87. The first-order chi connectivity index (χ1) is 9.68. The molecule has 0 radical (unpaired) electrons. The number of nitrogens with zero attached hydrogens (tertiary/aromatic N) is 1. The van der Waals surface area contributed by atoms with E-state index in [9.17, 15) is 5.11 Å². The Kier molecular flexibility index (Phi) is 4.79. The molecule has 1 aliphatic rings. The van der Waals surface area contributed by atoms with E-state index in [1.165, 1.54) is 22.3 Å². The summed E-state index contributed by atoms with van der Waals surface area (Å²) in [5.41, 5.74) is 5.89. The molecule has 1 heterocycles. The molecule has 1 aromatic carbocycles. The van der Waals surface area contributed by atoms with E-state index in [-0.39, 0.29) is 11.5 Å². The van der Waals surface area contributed by atoms with E-state index in [0.29, 0.717) is 5.92 Å².